The van der Waals surface area contributed by atoms with Crippen molar-refractivity contribution in [3.05, 3.63) is 44.0 Å². The summed E-state index contributed by atoms with van der Waals surface area (Å²) >= 11 is 0. The van der Waals surface area contributed by atoms with Crippen LogP contribution in [0.1, 0.15) is 31.7 Å². The van der Waals surface area contributed by atoms with Gasteiger partial charge in [-0.2, -0.15) is 0 Å². The summed E-state index contributed by atoms with van der Waals surface area (Å²) in [6.45, 7) is 1.74. The SMILES string of the molecule is CCCC[C@H](NC)C(=O)OCc1cc([N+](=O)[O-])cc([N+](=O)[O-])c1. The van der Waals surface area contributed by atoms with Gasteiger partial charge in [0.2, 0.25) is 0 Å². The van der Waals surface area contributed by atoms with Gasteiger partial charge in [-0.15, -0.1) is 0 Å². The van der Waals surface area contributed by atoms with Crippen LogP contribution in [0.3, 0.4) is 0 Å². The highest BCUT2D eigenvalue weighted by molar-refractivity contribution is 5.75. The first-order chi connectivity index (χ1) is 10.9. The molecule has 0 unspecified atom stereocenters. The smallest absolute Gasteiger partial charge is 0.323 e. The molecule has 0 heterocycles. The van der Waals surface area contributed by atoms with E-state index in [0.29, 0.717) is 6.42 Å². The molecule has 0 aliphatic heterocycles. The van der Waals surface area contributed by atoms with Gasteiger partial charge in [0.1, 0.15) is 12.6 Å². The number of nitro groups is 2. The summed E-state index contributed by atoms with van der Waals surface area (Å²) in [5, 5.41) is 24.4. The number of ether oxygens (including phenoxy) is 1. The van der Waals surface area contributed by atoms with Crippen molar-refractivity contribution in [3.63, 3.8) is 0 Å². The van der Waals surface area contributed by atoms with Crippen molar-refractivity contribution in [3.8, 4) is 0 Å². The number of nitrogens with one attached hydrogen (secondary N) is 1. The molecule has 0 spiro atoms. The van der Waals surface area contributed by atoms with Gasteiger partial charge in [0, 0.05) is 17.7 Å². The van der Waals surface area contributed by atoms with Crippen LogP contribution >= 0.6 is 0 Å². The van der Waals surface area contributed by atoms with Gasteiger partial charge < -0.3 is 10.1 Å². The monoisotopic (exact) mass is 325 g/mol. The van der Waals surface area contributed by atoms with E-state index in [1.165, 1.54) is 0 Å². The first kappa shape index (κ1) is 18.5. The van der Waals surface area contributed by atoms with E-state index in [9.17, 15) is 25.0 Å². The molecule has 0 bridgehead atoms. The van der Waals surface area contributed by atoms with E-state index in [4.69, 9.17) is 4.74 Å². The third-order valence-electron chi connectivity index (χ3n) is 3.24. The molecule has 9 nitrogen and oxygen atoms in total. The molecule has 23 heavy (non-hydrogen) atoms. The molecule has 0 saturated heterocycles. The molecule has 0 radical (unpaired) electrons. The maximum absolute atomic E-state index is 11.9. The molecule has 1 aromatic carbocycles. The van der Waals surface area contributed by atoms with Gasteiger partial charge in [-0.25, -0.2) is 0 Å². The quantitative estimate of drug-likeness (QED) is 0.419. The lowest BCUT2D eigenvalue weighted by molar-refractivity contribution is -0.394. The summed E-state index contributed by atoms with van der Waals surface area (Å²) in [6, 6.07) is 2.70. The van der Waals surface area contributed by atoms with E-state index in [1.807, 2.05) is 6.92 Å². The Balaban J connectivity index is 2.81. The highest BCUT2D eigenvalue weighted by Gasteiger charge is 2.20. The third-order valence-corrected chi connectivity index (χ3v) is 3.24. The van der Waals surface area contributed by atoms with Crippen LogP contribution in [-0.4, -0.2) is 28.9 Å². The summed E-state index contributed by atoms with van der Waals surface area (Å²) < 4.78 is 5.10. The lowest BCUT2D eigenvalue weighted by Gasteiger charge is -2.14. The van der Waals surface area contributed by atoms with E-state index in [-0.39, 0.29) is 12.2 Å². The molecule has 1 atom stereocenters. The number of hydrogen-bond acceptors (Lipinski definition) is 7. The number of carbonyl (C=O) groups is 1. The molecule has 0 aliphatic carbocycles. The zero-order valence-electron chi connectivity index (χ0n) is 13.0. The molecule has 0 aliphatic rings. The standard InChI is InChI=1S/C14H19N3O6/c1-3-4-5-13(15-2)14(18)23-9-10-6-11(16(19)20)8-12(7-10)17(21)22/h6-8,13,15H,3-5,9H2,1-2H3/t13-/m0/s1. The second-order valence-electron chi connectivity index (χ2n) is 4.96. The minimum atomic E-state index is -0.726. The average Bonchev–Trinajstić information content (AvgIpc) is 2.53. The summed E-state index contributed by atoms with van der Waals surface area (Å²) in [5.41, 5.74) is -0.632. The minimum absolute atomic E-state index is 0.199. The van der Waals surface area contributed by atoms with Gasteiger partial charge in [-0.1, -0.05) is 19.8 Å². The first-order valence-electron chi connectivity index (χ1n) is 7.15. The normalized spacial score (nSPS) is 11.7. The highest BCUT2D eigenvalue weighted by atomic mass is 16.6. The molecule has 0 fully saturated rings. The number of benzene rings is 1. The Hall–Kier alpha value is -2.55. The maximum atomic E-state index is 11.9. The van der Waals surface area contributed by atoms with Crippen molar-refractivity contribution >= 4 is 17.3 Å². The summed E-state index contributed by atoms with van der Waals surface area (Å²) in [7, 11) is 1.64. The number of nitrogens with zero attached hydrogens (tertiary/aromatic N) is 2. The van der Waals surface area contributed by atoms with Crippen molar-refractivity contribution in [1.82, 2.24) is 5.32 Å². The molecule has 9 heteroatoms. The molecule has 1 aromatic rings. The van der Waals surface area contributed by atoms with Gasteiger partial charge in [0.15, 0.2) is 0 Å². The fourth-order valence-electron chi connectivity index (χ4n) is 1.99. The number of unbranched alkanes of at least 4 members (excludes halogenated alkanes) is 1. The fraction of sp³-hybridized carbons (Fsp3) is 0.500. The van der Waals surface area contributed by atoms with Crippen LogP contribution < -0.4 is 5.32 Å². The molecule has 0 aromatic heterocycles. The van der Waals surface area contributed by atoms with Crippen LogP contribution in [0.4, 0.5) is 11.4 Å². The molecule has 0 saturated carbocycles. The van der Waals surface area contributed by atoms with Crippen molar-refractivity contribution in [1.29, 1.82) is 0 Å². The van der Waals surface area contributed by atoms with E-state index in [0.717, 1.165) is 31.0 Å². The highest BCUT2D eigenvalue weighted by Crippen LogP contribution is 2.23. The van der Waals surface area contributed by atoms with Crippen molar-refractivity contribution < 1.29 is 19.4 Å². The Morgan fingerprint density at radius 2 is 1.78 bits per heavy atom. The Kier molecular flexibility index (Phi) is 7.07. The van der Waals surface area contributed by atoms with Crippen LogP contribution in [0.5, 0.6) is 0 Å². The van der Waals surface area contributed by atoms with Gasteiger partial charge in [0.05, 0.1) is 15.9 Å². The number of esters is 1. The molecular formula is C14H19N3O6. The van der Waals surface area contributed by atoms with Gasteiger partial charge >= 0.3 is 5.97 Å². The fourth-order valence-corrected chi connectivity index (χ4v) is 1.99. The van der Waals surface area contributed by atoms with Crippen LogP contribution in [0.2, 0.25) is 0 Å². The molecular weight excluding hydrogens is 306 g/mol. The lowest BCUT2D eigenvalue weighted by atomic mass is 10.1. The van der Waals surface area contributed by atoms with Gasteiger partial charge in [-0.3, -0.25) is 25.0 Å². The zero-order valence-corrected chi connectivity index (χ0v) is 13.0. The minimum Gasteiger partial charge on any atom is -0.460 e. The van der Waals surface area contributed by atoms with E-state index in [2.05, 4.69) is 5.32 Å². The van der Waals surface area contributed by atoms with Crippen molar-refractivity contribution in [2.24, 2.45) is 0 Å². The Labute approximate surface area is 132 Å². The van der Waals surface area contributed by atoms with Crippen LogP contribution in [0, 0.1) is 20.2 Å². The number of hydrogen-bond donors (Lipinski definition) is 1. The lowest BCUT2D eigenvalue weighted by Crippen LogP contribution is -2.35. The number of rotatable bonds is 9. The molecule has 0 amide bonds. The average molecular weight is 325 g/mol. The molecule has 1 N–H and O–H groups in total. The Bertz CT molecular complexity index is 558. The van der Waals surface area contributed by atoms with Crippen LogP contribution in [-0.2, 0) is 16.1 Å². The topological polar surface area (TPSA) is 125 Å². The second kappa shape index (κ2) is 8.79. The predicted octanol–water partition coefficient (Wildman–Crippen LogP) is 2.32. The van der Waals surface area contributed by atoms with Crippen LogP contribution in [0.25, 0.3) is 0 Å². The second-order valence-corrected chi connectivity index (χ2v) is 4.96. The van der Waals surface area contributed by atoms with E-state index in [1.54, 1.807) is 7.05 Å². The number of likely N-dealkylation sites (N-methyl/N-ethyl adjacent to an activating group) is 1. The molecule has 126 valence electrons. The van der Waals surface area contributed by atoms with Crippen molar-refractivity contribution in [2.45, 2.75) is 38.8 Å². The van der Waals surface area contributed by atoms with Crippen LogP contribution in [0.15, 0.2) is 18.2 Å². The van der Waals surface area contributed by atoms with E-state index >= 15 is 0 Å². The van der Waals surface area contributed by atoms with E-state index < -0.39 is 33.2 Å². The van der Waals surface area contributed by atoms with Gasteiger partial charge in [0.25, 0.3) is 11.4 Å². The summed E-state index contributed by atoms with van der Waals surface area (Å²) in [5.74, 6) is -0.491. The number of carbonyl (C=O) groups excluding carboxylic acids is 1. The summed E-state index contributed by atoms with van der Waals surface area (Å²) in [4.78, 5) is 32.1. The number of non-ortho nitro benzene ring substituents is 2. The Morgan fingerprint density at radius 1 is 1.22 bits per heavy atom. The predicted molar refractivity (Wildman–Crippen MR) is 81.9 cm³/mol. The number of nitro benzene ring substituents is 2. The first-order valence-corrected chi connectivity index (χ1v) is 7.15. The zero-order chi connectivity index (χ0) is 17.4. The molecule has 1 rings (SSSR count). The third kappa shape index (κ3) is 5.62. The van der Waals surface area contributed by atoms with Crippen molar-refractivity contribution in [2.75, 3.05) is 7.05 Å². The Morgan fingerprint density at radius 3 is 2.22 bits per heavy atom. The summed E-state index contributed by atoms with van der Waals surface area (Å²) in [6.07, 6.45) is 2.40. The maximum Gasteiger partial charge on any atom is 0.323 e. The largest absolute Gasteiger partial charge is 0.460 e. The van der Waals surface area contributed by atoms with Gasteiger partial charge in [-0.05, 0) is 13.5 Å².